The maximum atomic E-state index is 10.8. The summed E-state index contributed by atoms with van der Waals surface area (Å²) >= 11 is 1.65. The lowest BCUT2D eigenvalue weighted by atomic mass is 9.93. The third kappa shape index (κ3) is 2.64. The topological polar surface area (TPSA) is 34.9 Å². The molecule has 0 radical (unpaired) electrons. The highest BCUT2D eigenvalue weighted by Crippen LogP contribution is 2.24. The zero-order valence-electron chi connectivity index (χ0n) is 10.3. The highest BCUT2D eigenvalue weighted by atomic mass is 32.1. The number of nitrogens with zero attached hydrogens (tertiary/aromatic N) is 2. The van der Waals surface area contributed by atoms with E-state index < -0.39 is 0 Å². The number of thiazole rings is 1. The summed E-state index contributed by atoms with van der Waals surface area (Å²) in [6, 6.07) is 3.69. The van der Waals surface area contributed by atoms with E-state index >= 15 is 0 Å². The van der Waals surface area contributed by atoms with Gasteiger partial charge in [-0.25, -0.2) is 4.98 Å². The fourth-order valence-corrected chi connectivity index (χ4v) is 2.57. The summed E-state index contributed by atoms with van der Waals surface area (Å²) in [4.78, 5) is 15.4. The molecule has 0 atom stereocenters. The van der Waals surface area contributed by atoms with Crippen LogP contribution in [-0.4, -0.2) is 15.8 Å². The van der Waals surface area contributed by atoms with Gasteiger partial charge in [0.25, 0.3) is 0 Å². The van der Waals surface area contributed by atoms with Crippen molar-refractivity contribution in [2.24, 2.45) is 0 Å². The van der Waals surface area contributed by atoms with Crippen LogP contribution in [0.1, 0.15) is 42.0 Å². The summed E-state index contributed by atoms with van der Waals surface area (Å²) in [6.45, 7) is 7.12. The summed E-state index contributed by atoms with van der Waals surface area (Å²) in [7, 11) is 0. The Morgan fingerprint density at radius 1 is 1.47 bits per heavy atom. The van der Waals surface area contributed by atoms with Crippen LogP contribution in [0.25, 0.3) is 0 Å². The van der Waals surface area contributed by atoms with Crippen molar-refractivity contribution >= 4 is 17.6 Å². The second-order valence-electron chi connectivity index (χ2n) is 5.06. The smallest absolute Gasteiger partial charge is 0.166 e. The number of hydrogen-bond acceptors (Lipinski definition) is 3. The first-order valence-corrected chi connectivity index (χ1v) is 6.44. The molecule has 0 aliphatic rings. The molecular weight excluding hydrogens is 232 g/mol. The molecular formula is C13H16N2OS. The van der Waals surface area contributed by atoms with E-state index in [0.29, 0.717) is 12.2 Å². The fraction of sp³-hybridized carbons (Fsp3) is 0.385. The Morgan fingerprint density at radius 3 is 2.82 bits per heavy atom. The van der Waals surface area contributed by atoms with Crippen LogP contribution in [0.5, 0.6) is 0 Å². The second-order valence-corrected chi connectivity index (χ2v) is 6.00. The van der Waals surface area contributed by atoms with Crippen molar-refractivity contribution in [3.05, 3.63) is 40.1 Å². The highest BCUT2D eigenvalue weighted by molar-refractivity contribution is 7.09. The molecule has 2 rings (SSSR count). The Morgan fingerprint density at radius 2 is 2.24 bits per heavy atom. The molecule has 0 saturated carbocycles. The van der Waals surface area contributed by atoms with Crippen molar-refractivity contribution in [1.82, 2.24) is 9.55 Å². The molecule has 0 aliphatic heterocycles. The van der Waals surface area contributed by atoms with Gasteiger partial charge in [0.1, 0.15) is 5.01 Å². The quantitative estimate of drug-likeness (QED) is 0.782. The number of aromatic nitrogens is 2. The molecule has 17 heavy (non-hydrogen) atoms. The third-order valence-electron chi connectivity index (χ3n) is 2.61. The van der Waals surface area contributed by atoms with Crippen LogP contribution in [-0.2, 0) is 12.0 Å². The van der Waals surface area contributed by atoms with Crippen LogP contribution in [0.15, 0.2) is 23.7 Å². The van der Waals surface area contributed by atoms with Gasteiger partial charge in [0, 0.05) is 17.0 Å². The average molecular weight is 248 g/mol. The average Bonchev–Trinajstić information content (AvgIpc) is 2.86. The van der Waals surface area contributed by atoms with Crippen LogP contribution < -0.4 is 0 Å². The molecule has 0 amide bonds. The molecule has 0 N–H and O–H groups in total. The Balaban J connectivity index is 2.20. The van der Waals surface area contributed by atoms with Crippen LogP contribution in [0.4, 0.5) is 0 Å². The van der Waals surface area contributed by atoms with Crippen molar-refractivity contribution in [3.8, 4) is 0 Å². The maximum Gasteiger partial charge on any atom is 0.166 e. The van der Waals surface area contributed by atoms with E-state index in [1.807, 2.05) is 22.9 Å². The van der Waals surface area contributed by atoms with Gasteiger partial charge in [0.2, 0.25) is 0 Å². The van der Waals surface area contributed by atoms with Gasteiger partial charge >= 0.3 is 0 Å². The first kappa shape index (κ1) is 12.0. The lowest BCUT2D eigenvalue weighted by Crippen LogP contribution is -2.12. The van der Waals surface area contributed by atoms with Crippen molar-refractivity contribution in [2.75, 3.05) is 0 Å². The van der Waals surface area contributed by atoms with E-state index in [9.17, 15) is 4.79 Å². The summed E-state index contributed by atoms with van der Waals surface area (Å²) in [5, 5.41) is 3.13. The van der Waals surface area contributed by atoms with E-state index in [0.717, 1.165) is 17.0 Å². The molecule has 3 nitrogen and oxygen atoms in total. The molecule has 4 heteroatoms. The molecule has 0 spiro atoms. The molecule has 0 saturated heterocycles. The van der Waals surface area contributed by atoms with Gasteiger partial charge < -0.3 is 4.57 Å². The Labute approximate surface area is 105 Å². The molecule has 0 aliphatic carbocycles. The monoisotopic (exact) mass is 248 g/mol. The lowest BCUT2D eigenvalue weighted by molar-refractivity contribution is 0.111. The van der Waals surface area contributed by atoms with E-state index in [-0.39, 0.29) is 5.41 Å². The van der Waals surface area contributed by atoms with Crippen LogP contribution in [0, 0.1) is 0 Å². The first-order chi connectivity index (χ1) is 8.00. The predicted molar refractivity (Wildman–Crippen MR) is 69.7 cm³/mol. The summed E-state index contributed by atoms with van der Waals surface area (Å²) in [6.07, 6.45) is 2.78. The standard InChI is InChI=1S/C13H16N2OS/c1-13(2,3)11-9-17-12(14-11)7-15-6-4-5-10(15)8-16/h4-6,8-9H,7H2,1-3H3. The molecule has 0 bridgehead atoms. The molecule has 2 aromatic rings. The summed E-state index contributed by atoms with van der Waals surface area (Å²) < 4.78 is 1.91. The number of aldehydes is 1. The van der Waals surface area contributed by atoms with Gasteiger partial charge in [-0.05, 0) is 12.1 Å². The van der Waals surface area contributed by atoms with Crippen molar-refractivity contribution < 1.29 is 4.79 Å². The predicted octanol–water partition coefficient (Wildman–Crippen LogP) is 3.10. The van der Waals surface area contributed by atoms with Crippen LogP contribution >= 0.6 is 11.3 Å². The van der Waals surface area contributed by atoms with Gasteiger partial charge in [-0.1, -0.05) is 20.8 Å². The van der Waals surface area contributed by atoms with E-state index in [4.69, 9.17) is 0 Å². The zero-order valence-corrected chi connectivity index (χ0v) is 11.1. The molecule has 90 valence electrons. The fourth-order valence-electron chi connectivity index (χ4n) is 1.55. The van der Waals surface area contributed by atoms with E-state index in [2.05, 4.69) is 31.1 Å². The van der Waals surface area contributed by atoms with E-state index in [1.54, 1.807) is 11.3 Å². The lowest BCUT2D eigenvalue weighted by Gasteiger charge is -2.14. The van der Waals surface area contributed by atoms with Gasteiger partial charge in [-0.3, -0.25) is 4.79 Å². The molecule has 2 heterocycles. The number of hydrogen-bond donors (Lipinski definition) is 0. The Bertz CT molecular complexity index is 520. The summed E-state index contributed by atoms with van der Waals surface area (Å²) in [5.74, 6) is 0. The van der Waals surface area contributed by atoms with Crippen molar-refractivity contribution in [1.29, 1.82) is 0 Å². The largest absolute Gasteiger partial charge is 0.338 e. The van der Waals surface area contributed by atoms with Gasteiger partial charge in [-0.2, -0.15) is 0 Å². The van der Waals surface area contributed by atoms with Gasteiger partial charge in [0.15, 0.2) is 6.29 Å². The Kier molecular flexibility index (Phi) is 3.15. The minimum atomic E-state index is 0.0823. The van der Waals surface area contributed by atoms with Crippen molar-refractivity contribution in [3.63, 3.8) is 0 Å². The molecule has 0 aromatic carbocycles. The second kappa shape index (κ2) is 4.45. The minimum absolute atomic E-state index is 0.0823. The van der Waals surface area contributed by atoms with Gasteiger partial charge in [0.05, 0.1) is 17.9 Å². The third-order valence-corrected chi connectivity index (χ3v) is 3.44. The SMILES string of the molecule is CC(C)(C)c1csc(Cn2cccc2C=O)n1. The molecule has 2 aromatic heterocycles. The Hall–Kier alpha value is -1.42. The number of carbonyl (C=O) groups is 1. The van der Waals surface area contributed by atoms with Crippen LogP contribution in [0.2, 0.25) is 0 Å². The molecule has 0 fully saturated rings. The first-order valence-electron chi connectivity index (χ1n) is 5.56. The zero-order chi connectivity index (χ0) is 12.5. The highest BCUT2D eigenvalue weighted by Gasteiger charge is 2.17. The summed E-state index contributed by atoms with van der Waals surface area (Å²) in [5.41, 5.74) is 1.88. The minimum Gasteiger partial charge on any atom is -0.338 e. The van der Waals surface area contributed by atoms with Crippen molar-refractivity contribution in [2.45, 2.75) is 32.7 Å². The maximum absolute atomic E-state index is 10.8. The van der Waals surface area contributed by atoms with E-state index in [1.165, 1.54) is 0 Å². The number of carbonyl (C=O) groups excluding carboxylic acids is 1. The molecule has 0 unspecified atom stereocenters. The number of rotatable bonds is 3. The normalized spacial score (nSPS) is 11.7. The van der Waals surface area contributed by atoms with Crippen LogP contribution in [0.3, 0.4) is 0 Å². The van der Waals surface area contributed by atoms with Gasteiger partial charge in [-0.15, -0.1) is 11.3 Å².